The Kier molecular flexibility index (Phi) is 6.18. The number of unbranched alkanes of at least 4 members (excludes halogenated alkanes) is 1. The van der Waals surface area contributed by atoms with E-state index in [0.717, 1.165) is 51.4 Å². The summed E-state index contributed by atoms with van der Waals surface area (Å²) in [7, 11) is -3.55. The summed E-state index contributed by atoms with van der Waals surface area (Å²) in [4.78, 5) is 5.01. The minimum absolute atomic E-state index is 0.126. The predicted molar refractivity (Wildman–Crippen MR) is 125 cm³/mol. The molecule has 170 valence electrons. The molecule has 32 heavy (non-hydrogen) atoms. The standard InChI is InChI=1S/C22H26N4O4S2/c27-32(28,17-7-8-19-20(15-17)30-16-29-19)23-9-3-4-10-25-11-13-26(14-12-25)22-18-5-1-2-6-21(18)31-24-22/h1-2,5-8,15,23H,3-4,9-14,16H2. The van der Waals surface area contributed by atoms with Crippen molar-refractivity contribution in [3.05, 3.63) is 42.5 Å². The van der Waals surface area contributed by atoms with E-state index >= 15 is 0 Å². The van der Waals surface area contributed by atoms with Crippen molar-refractivity contribution in [3.63, 3.8) is 0 Å². The van der Waals surface area contributed by atoms with E-state index in [2.05, 4.69) is 43.2 Å². The third-order valence-corrected chi connectivity index (χ3v) is 8.15. The molecule has 3 heterocycles. The summed E-state index contributed by atoms with van der Waals surface area (Å²) < 4.78 is 44.1. The lowest BCUT2D eigenvalue weighted by Gasteiger charge is -2.35. The molecule has 0 radical (unpaired) electrons. The van der Waals surface area contributed by atoms with Crippen molar-refractivity contribution in [2.45, 2.75) is 17.7 Å². The van der Waals surface area contributed by atoms with Gasteiger partial charge in [-0.05, 0) is 55.2 Å². The van der Waals surface area contributed by atoms with Gasteiger partial charge in [0.15, 0.2) is 11.5 Å². The highest BCUT2D eigenvalue weighted by Crippen LogP contribution is 2.33. The molecule has 0 unspecified atom stereocenters. The quantitative estimate of drug-likeness (QED) is 0.503. The van der Waals surface area contributed by atoms with E-state index in [4.69, 9.17) is 9.47 Å². The second-order valence-electron chi connectivity index (χ2n) is 7.95. The molecule has 0 aliphatic carbocycles. The number of sulfonamides is 1. The molecule has 1 fully saturated rings. The number of nitrogens with zero attached hydrogens (tertiary/aromatic N) is 3. The Bertz CT molecular complexity index is 1190. The number of piperazine rings is 1. The zero-order chi connectivity index (χ0) is 22.0. The summed E-state index contributed by atoms with van der Waals surface area (Å²) >= 11 is 1.56. The van der Waals surface area contributed by atoms with Crippen LogP contribution >= 0.6 is 11.5 Å². The first-order valence-electron chi connectivity index (χ1n) is 10.8. The second kappa shape index (κ2) is 9.22. The van der Waals surface area contributed by atoms with Crippen LogP contribution in [0.5, 0.6) is 11.5 Å². The van der Waals surface area contributed by atoms with Gasteiger partial charge in [0.1, 0.15) is 5.82 Å². The summed E-state index contributed by atoms with van der Waals surface area (Å²) in [6, 6.07) is 13.1. The van der Waals surface area contributed by atoms with Crippen LogP contribution in [-0.4, -0.2) is 63.8 Å². The summed E-state index contributed by atoms with van der Waals surface area (Å²) in [5.74, 6) is 2.15. The summed E-state index contributed by atoms with van der Waals surface area (Å²) in [5, 5.41) is 1.24. The van der Waals surface area contributed by atoms with Crippen molar-refractivity contribution in [2.75, 3.05) is 51.0 Å². The number of benzene rings is 2. The summed E-state index contributed by atoms with van der Waals surface area (Å²) in [5.41, 5.74) is 0. The molecule has 1 saturated heterocycles. The highest BCUT2D eigenvalue weighted by Gasteiger charge is 2.21. The van der Waals surface area contributed by atoms with Gasteiger partial charge in [-0.1, -0.05) is 12.1 Å². The van der Waals surface area contributed by atoms with Crippen LogP contribution in [0.25, 0.3) is 10.1 Å². The molecule has 2 aliphatic rings. The zero-order valence-corrected chi connectivity index (χ0v) is 19.3. The van der Waals surface area contributed by atoms with Gasteiger partial charge in [-0.3, -0.25) is 4.90 Å². The van der Waals surface area contributed by atoms with Crippen molar-refractivity contribution < 1.29 is 17.9 Å². The van der Waals surface area contributed by atoms with Crippen molar-refractivity contribution >= 4 is 37.5 Å². The van der Waals surface area contributed by atoms with Gasteiger partial charge in [0.05, 0.1) is 9.60 Å². The highest BCUT2D eigenvalue weighted by molar-refractivity contribution is 7.89. The van der Waals surface area contributed by atoms with Crippen LogP contribution < -0.4 is 19.1 Å². The van der Waals surface area contributed by atoms with Crippen LogP contribution in [0.1, 0.15) is 12.8 Å². The number of nitrogens with one attached hydrogen (secondary N) is 1. The van der Waals surface area contributed by atoms with Crippen LogP contribution in [0, 0.1) is 0 Å². The van der Waals surface area contributed by atoms with Gasteiger partial charge in [0.25, 0.3) is 0 Å². The number of rotatable bonds is 8. The first-order valence-corrected chi connectivity index (χ1v) is 13.1. The minimum Gasteiger partial charge on any atom is -0.454 e. The van der Waals surface area contributed by atoms with Crippen LogP contribution in [0.3, 0.4) is 0 Å². The first-order chi connectivity index (χ1) is 15.6. The minimum atomic E-state index is -3.55. The fourth-order valence-electron chi connectivity index (χ4n) is 4.08. The number of hydrogen-bond acceptors (Lipinski definition) is 8. The molecule has 0 amide bonds. The predicted octanol–water partition coefficient (Wildman–Crippen LogP) is 2.91. The lowest BCUT2D eigenvalue weighted by Crippen LogP contribution is -2.46. The third kappa shape index (κ3) is 4.54. The van der Waals surface area contributed by atoms with Crippen LogP contribution in [0.15, 0.2) is 47.4 Å². The van der Waals surface area contributed by atoms with Crippen LogP contribution in [0.2, 0.25) is 0 Å². The Hall–Kier alpha value is -2.40. The molecule has 0 saturated carbocycles. The summed E-state index contributed by atoms with van der Waals surface area (Å²) in [6.07, 6.45) is 1.74. The van der Waals surface area contributed by atoms with E-state index in [1.165, 1.54) is 16.2 Å². The van der Waals surface area contributed by atoms with Crippen LogP contribution in [-0.2, 0) is 10.0 Å². The maximum absolute atomic E-state index is 12.5. The van der Waals surface area contributed by atoms with E-state index in [0.29, 0.717) is 18.0 Å². The number of hydrogen-bond donors (Lipinski definition) is 1. The Balaban J connectivity index is 1.04. The maximum atomic E-state index is 12.5. The maximum Gasteiger partial charge on any atom is 0.240 e. The lowest BCUT2D eigenvalue weighted by molar-refractivity contribution is 0.174. The van der Waals surface area contributed by atoms with Gasteiger partial charge in [-0.15, -0.1) is 0 Å². The van der Waals surface area contributed by atoms with E-state index in [1.807, 2.05) is 0 Å². The largest absolute Gasteiger partial charge is 0.454 e. The van der Waals surface area contributed by atoms with Gasteiger partial charge >= 0.3 is 0 Å². The summed E-state index contributed by atoms with van der Waals surface area (Å²) in [6.45, 7) is 5.43. The van der Waals surface area contributed by atoms with Gasteiger partial charge in [0.2, 0.25) is 16.8 Å². The second-order valence-corrected chi connectivity index (χ2v) is 10.5. The zero-order valence-electron chi connectivity index (χ0n) is 17.7. The van der Waals surface area contributed by atoms with Crippen LogP contribution in [0.4, 0.5) is 5.82 Å². The number of fused-ring (bicyclic) bond motifs is 2. The Labute approximate surface area is 192 Å². The van der Waals surface area contributed by atoms with Crippen molar-refractivity contribution in [1.29, 1.82) is 0 Å². The van der Waals surface area contributed by atoms with E-state index in [-0.39, 0.29) is 11.7 Å². The lowest BCUT2D eigenvalue weighted by atomic mass is 10.2. The van der Waals surface area contributed by atoms with Gasteiger partial charge in [-0.25, -0.2) is 13.1 Å². The third-order valence-electron chi connectivity index (χ3n) is 5.88. The van der Waals surface area contributed by atoms with E-state index in [1.54, 1.807) is 23.7 Å². The average Bonchev–Trinajstić information content (AvgIpc) is 3.46. The molecule has 2 aromatic carbocycles. The molecule has 0 bridgehead atoms. The molecule has 1 N–H and O–H groups in total. The van der Waals surface area contributed by atoms with Gasteiger partial charge < -0.3 is 14.4 Å². The molecule has 1 aromatic heterocycles. The Morgan fingerprint density at radius 1 is 1.00 bits per heavy atom. The Morgan fingerprint density at radius 2 is 1.81 bits per heavy atom. The molecule has 3 aromatic rings. The first kappa shape index (κ1) is 21.4. The van der Waals surface area contributed by atoms with E-state index in [9.17, 15) is 8.42 Å². The number of aromatic nitrogens is 1. The van der Waals surface area contributed by atoms with E-state index < -0.39 is 10.0 Å². The smallest absolute Gasteiger partial charge is 0.240 e. The number of ether oxygens (including phenoxy) is 2. The Morgan fingerprint density at radius 3 is 2.69 bits per heavy atom. The average molecular weight is 475 g/mol. The molecule has 0 spiro atoms. The molecule has 10 heteroatoms. The topological polar surface area (TPSA) is 84.0 Å². The normalized spacial score (nSPS) is 16.7. The van der Waals surface area contributed by atoms with Gasteiger partial charge in [-0.2, -0.15) is 4.37 Å². The van der Waals surface area contributed by atoms with Crippen molar-refractivity contribution in [2.24, 2.45) is 0 Å². The fourth-order valence-corrected chi connectivity index (χ4v) is 5.96. The van der Waals surface area contributed by atoms with Crippen molar-refractivity contribution in [3.8, 4) is 11.5 Å². The molecular formula is C22H26N4O4S2. The fraction of sp³-hybridized carbons (Fsp3) is 0.409. The molecule has 0 atom stereocenters. The van der Waals surface area contributed by atoms with Crippen molar-refractivity contribution in [1.82, 2.24) is 14.0 Å². The van der Waals surface area contributed by atoms with Gasteiger partial charge in [0, 0.05) is 44.2 Å². The monoisotopic (exact) mass is 474 g/mol. The SMILES string of the molecule is O=S(=O)(NCCCCN1CCN(c2nsc3ccccc23)CC1)c1ccc2c(c1)OCO2. The molecular weight excluding hydrogens is 448 g/mol. The molecule has 8 nitrogen and oxygen atoms in total. The molecule has 5 rings (SSSR count). The highest BCUT2D eigenvalue weighted by atomic mass is 32.2. The number of anilines is 1. The molecule has 2 aliphatic heterocycles.